The van der Waals surface area contributed by atoms with Gasteiger partial charge in [-0.05, 0) is 29.2 Å². The summed E-state index contributed by atoms with van der Waals surface area (Å²) in [6.07, 6.45) is 1.09. The summed E-state index contributed by atoms with van der Waals surface area (Å²) in [7, 11) is 0. The third-order valence-electron chi connectivity index (χ3n) is 7.28. The number of nitrogens with one attached hydrogen (secondary N) is 4. The molecule has 0 saturated heterocycles. The fourth-order valence-corrected chi connectivity index (χ4v) is 4.95. The fourth-order valence-electron chi connectivity index (χ4n) is 4.95. The van der Waals surface area contributed by atoms with Crippen molar-refractivity contribution in [2.45, 2.75) is 49.9 Å². The van der Waals surface area contributed by atoms with E-state index in [4.69, 9.17) is 5.73 Å². The normalized spacial score (nSPS) is 13.6. The first-order chi connectivity index (χ1) is 21.6. The Balaban J connectivity index is 1.49. The van der Waals surface area contributed by atoms with Crippen LogP contribution in [0.15, 0.2) is 91.1 Å². The number of carbonyl (C=O) groups excluding carboxylic acids is 3. The number of nitrogens with two attached hydrogens (primary N) is 1. The van der Waals surface area contributed by atoms with Crippen LogP contribution in [0.5, 0.6) is 0 Å². The number of aliphatic carboxylic acids is 2. The minimum Gasteiger partial charge on any atom is -0.481 e. The number of carboxylic acid groups (broad SMARTS) is 2. The second-order valence-electron chi connectivity index (χ2n) is 10.7. The lowest BCUT2D eigenvalue weighted by atomic mass is 10.0. The van der Waals surface area contributed by atoms with E-state index in [1.807, 2.05) is 24.3 Å². The monoisotopic (exact) mass is 613 g/mol. The maximum Gasteiger partial charge on any atom is 0.326 e. The Morgan fingerprint density at radius 2 is 1.16 bits per heavy atom. The highest BCUT2D eigenvalue weighted by atomic mass is 16.4. The van der Waals surface area contributed by atoms with E-state index in [0.29, 0.717) is 11.1 Å². The van der Waals surface area contributed by atoms with Crippen LogP contribution in [0.1, 0.15) is 23.1 Å². The van der Waals surface area contributed by atoms with Crippen molar-refractivity contribution < 1.29 is 34.2 Å². The van der Waals surface area contributed by atoms with E-state index >= 15 is 0 Å². The molecule has 45 heavy (non-hydrogen) atoms. The number of amides is 3. The topological polar surface area (TPSA) is 204 Å². The number of hydrogen-bond donors (Lipinski definition) is 7. The Morgan fingerprint density at radius 3 is 1.76 bits per heavy atom. The first kappa shape index (κ1) is 32.4. The van der Waals surface area contributed by atoms with Crippen molar-refractivity contribution in [3.8, 4) is 0 Å². The molecule has 234 valence electrons. The molecule has 0 saturated carbocycles. The lowest BCUT2D eigenvalue weighted by molar-refractivity contribution is -0.143. The molecule has 4 unspecified atom stereocenters. The molecule has 0 fully saturated rings. The van der Waals surface area contributed by atoms with Crippen LogP contribution in [0.25, 0.3) is 10.9 Å². The molecule has 4 rings (SSSR count). The van der Waals surface area contributed by atoms with Crippen molar-refractivity contribution in [1.29, 1.82) is 0 Å². The van der Waals surface area contributed by atoms with Gasteiger partial charge in [0.1, 0.15) is 18.1 Å². The summed E-state index contributed by atoms with van der Waals surface area (Å²) >= 11 is 0. The molecule has 0 radical (unpaired) electrons. The molecule has 3 aromatic carbocycles. The lowest BCUT2D eigenvalue weighted by Crippen LogP contribution is -2.58. The van der Waals surface area contributed by atoms with Gasteiger partial charge in [0.2, 0.25) is 17.7 Å². The van der Waals surface area contributed by atoms with Crippen molar-refractivity contribution in [3.05, 3.63) is 108 Å². The maximum atomic E-state index is 13.5. The van der Waals surface area contributed by atoms with E-state index in [2.05, 4.69) is 20.9 Å². The summed E-state index contributed by atoms with van der Waals surface area (Å²) in [5, 5.41) is 27.5. The smallest absolute Gasteiger partial charge is 0.326 e. The number of benzene rings is 3. The molecule has 0 aliphatic carbocycles. The van der Waals surface area contributed by atoms with E-state index in [1.54, 1.807) is 66.9 Å². The van der Waals surface area contributed by atoms with E-state index in [0.717, 1.165) is 16.5 Å². The lowest BCUT2D eigenvalue weighted by Gasteiger charge is -2.25. The van der Waals surface area contributed by atoms with Gasteiger partial charge in [0.05, 0.1) is 12.5 Å². The van der Waals surface area contributed by atoms with Gasteiger partial charge in [-0.2, -0.15) is 0 Å². The minimum atomic E-state index is -1.62. The number of H-pyrrole nitrogens is 1. The van der Waals surface area contributed by atoms with Crippen molar-refractivity contribution in [2.24, 2.45) is 5.73 Å². The van der Waals surface area contributed by atoms with Crippen LogP contribution in [0.4, 0.5) is 0 Å². The number of para-hydroxylation sites is 1. The van der Waals surface area contributed by atoms with Gasteiger partial charge in [-0.25, -0.2) is 4.79 Å². The molecule has 12 heteroatoms. The van der Waals surface area contributed by atoms with Crippen molar-refractivity contribution in [2.75, 3.05) is 0 Å². The van der Waals surface area contributed by atoms with Crippen molar-refractivity contribution >= 4 is 40.6 Å². The Hall–Kier alpha value is -5.49. The molecule has 12 nitrogen and oxygen atoms in total. The van der Waals surface area contributed by atoms with Crippen LogP contribution < -0.4 is 21.7 Å². The molecule has 1 aromatic heterocycles. The first-order valence-electron chi connectivity index (χ1n) is 14.3. The molecule has 3 amide bonds. The molecule has 0 bridgehead atoms. The quantitative estimate of drug-likeness (QED) is 0.105. The van der Waals surface area contributed by atoms with Crippen LogP contribution in [0.3, 0.4) is 0 Å². The predicted octanol–water partition coefficient (Wildman–Crippen LogP) is 1.54. The highest BCUT2D eigenvalue weighted by molar-refractivity contribution is 5.96. The average molecular weight is 614 g/mol. The van der Waals surface area contributed by atoms with Gasteiger partial charge < -0.3 is 36.9 Å². The number of aromatic amines is 1. The third kappa shape index (κ3) is 9.25. The molecule has 0 aliphatic rings. The van der Waals surface area contributed by atoms with Crippen LogP contribution in [-0.4, -0.2) is 69.0 Å². The molecule has 8 N–H and O–H groups in total. The number of fused-ring (bicyclic) bond motifs is 1. The number of carboxylic acids is 2. The van der Waals surface area contributed by atoms with Crippen molar-refractivity contribution in [3.63, 3.8) is 0 Å². The Kier molecular flexibility index (Phi) is 11.0. The zero-order chi connectivity index (χ0) is 32.3. The number of aromatic nitrogens is 1. The largest absolute Gasteiger partial charge is 0.481 e. The van der Waals surface area contributed by atoms with Gasteiger partial charge in [0.15, 0.2) is 0 Å². The minimum absolute atomic E-state index is 0.0192. The fraction of sp³-hybridized carbons (Fsp3) is 0.242. The third-order valence-corrected chi connectivity index (χ3v) is 7.28. The molecule has 0 aliphatic heterocycles. The summed E-state index contributed by atoms with van der Waals surface area (Å²) in [6, 6.07) is 19.7. The number of rotatable bonds is 15. The van der Waals surface area contributed by atoms with E-state index < -0.39 is 60.2 Å². The molecule has 0 spiro atoms. The summed E-state index contributed by atoms with van der Waals surface area (Å²) in [5.41, 5.74) is 9.28. The first-order valence-corrected chi connectivity index (χ1v) is 14.3. The van der Waals surface area contributed by atoms with Gasteiger partial charge in [0.25, 0.3) is 0 Å². The van der Waals surface area contributed by atoms with Gasteiger partial charge in [-0.1, -0.05) is 78.9 Å². The Morgan fingerprint density at radius 1 is 0.644 bits per heavy atom. The van der Waals surface area contributed by atoms with Crippen LogP contribution in [0.2, 0.25) is 0 Å². The Bertz CT molecular complexity index is 1640. The van der Waals surface area contributed by atoms with Gasteiger partial charge in [-0.15, -0.1) is 0 Å². The number of carbonyl (C=O) groups is 5. The number of hydrogen-bond acceptors (Lipinski definition) is 6. The molecule has 4 atom stereocenters. The predicted molar refractivity (Wildman–Crippen MR) is 166 cm³/mol. The zero-order valence-corrected chi connectivity index (χ0v) is 24.3. The molecular weight excluding hydrogens is 578 g/mol. The second kappa shape index (κ2) is 15.3. The summed E-state index contributed by atoms with van der Waals surface area (Å²) in [5.74, 6) is -5.16. The average Bonchev–Trinajstić information content (AvgIpc) is 3.43. The molecule has 4 aromatic rings. The van der Waals surface area contributed by atoms with E-state index in [9.17, 15) is 34.2 Å². The van der Waals surface area contributed by atoms with E-state index in [1.165, 1.54) is 0 Å². The second-order valence-corrected chi connectivity index (χ2v) is 10.7. The molecular formula is C33H35N5O7. The summed E-state index contributed by atoms with van der Waals surface area (Å²) in [6.45, 7) is 0. The van der Waals surface area contributed by atoms with Gasteiger partial charge in [0, 0.05) is 29.9 Å². The van der Waals surface area contributed by atoms with Gasteiger partial charge in [-0.3, -0.25) is 19.2 Å². The SMILES string of the molecule is NC(Cc1c[nH]c2ccccc12)C(=O)NC(Cc1ccccc1)C(=O)NC(CC(=O)O)C(=O)NC(Cc1ccccc1)C(=O)O. The van der Waals surface area contributed by atoms with Gasteiger partial charge >= 0.3 is 11.9 Å². The van der Waals surface area contributed by atoms with E-state index in [-0.39, 0.29) is 19.3 Å². The van der Waals surface area contributed by atoms with Crippen molar-refractivity contribution in [1.82, 2.24) is 20.9 Å². The Labute approximate surface area is 259 Å². The summed E-state index contributed by atoms with van der Waals surface area (Å²) in [4.78, 5) is 66.6. The standard InChI is InChI=1S/C33H35N5O7/c34-24(17-22-19-35-25-14-8-7-13-23(22)25)30(41)36-26(15-20-9-3-1-4-10-20)31(42)37-27(18-29(39)40)32(43)38-28(33(44)45)16-21-11-5-2-6-12-21/h1-14,19,24,26-28,35H,15-18,34H2,(H,36,41)(H,37,42)(H,38,43)(H,39,40)(H,44,45). The van der Waals surface area contributed by atoms with Crippen LogP contribution >= 0.6 is 0 Å². The van der Waals surface area contributed by atoms with Crippen LogP contribution in [0, 0.1) is 0 Å². The summed E-state index contributed by atoms with van der Waals surface area (Å²) < 4.78 is 0. The highest BCUT2D eigenvalue weighted by Gasteiger charge is 2.32. The maximum absolute atomic E-state index is 13.5. The highest BCUT2D eigenvalue weighted by Crippen LogP contribution is 2.19. The van der Waals surface area contributed by atoms with Crippen LogP contribution in [-0.2, 0) is 43.2 Å². The molecule has 1 heterocycles. The zero-order valence-electron chi connectivity index (χ0n) is 24.3.